The van der Waals surface area contributed by atoms with Crippen molar-refractivity contribution in [3.05, 3.63) is 64.7 Å². The molecule has 0 radical (unpaired) electrons. The third kappa shape index (κ3) is 7.27. The number of carbonyl (C=O) groups is 1. The van der Waals surface area contributed by atoms with Crippen LogP contribution in [-0.4, -0.2) is 37.3 Å². The molecular weight excluding hydrogens is 479 g/mol. The highest BCUT2D eigenvalue weighted by molar-refractivity contribution is 6.30. The first-order valence-electron chi connectivity index (χ1n) is 12.1. The van der Waals surface area contributed by atoms with E-state index in [9.17, 15) is 18.0 Å². The van der Waals surface area contributed by atoms with Gasteiger partial charge in [0.1, 0.15) is 6.61 Å². The fraction of sp³-hybridized carbons (Fsp3) is 0.500. The predicted octanol–water partition coefficient (Wildman–Crippen LogP) is 6.15. The third-order valence-corrected chi connectivity index (χ3v) is 6.99. The van der Waals surface area contributed by atoms with E-state index in [-0.39, 0.29) is 24.7 Å². The van der Waals surface area contributed by atoms with Gasteiger partial charge in [0.05, 0.1) is 5.56 Å². The largest absolute Gasteiger partial charge is 0.445 e. The molecule has 3 atom stereocenters. The minimum absolute atomic E-state index is 0.0305. The van der Waals surface area contributed by atoms with Crippen LogP contribution in [0.5, 0.6) is 0 Å². The van der Waals surface area contributed by atoms with Crippen molar-refractivity contribution in [2.45, 2.75) is 69.4 Å². The maximum absolute atomic E-state index is 12.9. The van der Waals surface area contributed by atoms with E-state index in [0.717, 1.165) is 68.5 Å². The number of alkyl carbamates (subject to hydrolysis) is 1. The average molecular weight is 510 g/mol. The van der Waals surface area contributed by atoms with Gasteiger partial charge in [-0.15, -0.1) is 0 Å². The molecule has 0 aromatic heterocycles. The lowest BCUT2D eigenvalue weighted by atomic mass is 9.89. The van der Waals surface area contributed by atoms with Crippen molar-refractivity contribution in [1.82, 2.24) is 10.6 Å². The number of hydrogen-bond donors (Lipinski definition) is 2. The minimum Gasteiger partial charge on any atom is -0.445 e. The van der Waals surface area contributed by atoms with Gasteiger partial charge in [0.15, 0.2) is 0 Å². The van der Waals surface area contributed by atoms with Crippen molar-refractivity contribution in [3.63, 3.8) is 0 Å². The number of halogens is 4. The van der Waals surface area contributed by atoms with Gasteiger partial charge in [-0.25, -0.2) is 4.79 Å². The molecular formula is C26H31ClF3N3O2. The van der Waals surface area contributed by atoms with Gasteiger partial charge in [-0.05, 0) is 67.6 Å². The Morgan fingerprint density at radius 1 is 1.03 bits per heavy atom. The number of benzene rings is 2. The number of nitrogens with one attached hydrogen (secondary N) is 2. The molecule has 9 heteroatoms. The van der Waals surface area contributed by atoms with E-state index in [4.69, 9.17) is 16.3 Å². The molecule has 0 unspecified atom stereocenters. The number of hydrogen-bond acceptors (Lipinski definition) is 4. The molecule has 2 N–H and O–H groups in total. The van der Waals surface area contributed by atoms with Gasteiger partial charge < -0.3 is 20.3 Å². The first-order valence-corrected chi connectivity index (χ1v) is 12.5. The van der Waals surface area contributed by atoms with Crippen LogP contribution in [0.25, 0.3) is 0 Å². The highest BCUT2D eigenvalue weighted by Gasteiger charge is 2.32. The molecule has 4 rings (SSSR count). The number of rotatable bonds is 6. The lowest BCUT2D eigenvalue weighted by Crippen LogP contribution is -2.57. The van der Waals surface area contributed by atoms with Crippen LogP contribution in [0.1, 0.15) is 49.7 Å². The minimum atomic E-state index is -4.33. The second-order valence-corrected chi connectivity index (χ2v) is 9.78. The summed E-state index contributed by atoms with van der Waals surface area (Å²) in [5, 5.41) is 7.35. The Labute approximate surface area is 209 Å². The predicted molar refractivity (Wildman–Crippen MR) is 131 cm³/mol. The first-order chi connectivity index (χ1) is 16.8. The summed E-state index contributed by atoms with van der Waals surface area (Å²) >= 11 is 5.99. The highest BCUT2D eigenvalue weighted by Crippen LogP contribution is 2.31. The lowest BCUT2D eigenvalue weighted by Gasteiger charge is -2.40. The number of ether oxygens (including phenoxy) is 1. The van der Waals surface area contributed by atoms with Gasteiger partial charge in [-0.3, -0.25) is 0 Å². The van der Waals surface area contributed by atoms with E-state index in [1.807, 2.05) is 12.1 Å². The van der Waals surface area contributed by atoms with Gasteiger partial charge >= 0.3 is 12.3 Å². The molecule has 0 bridgehead atoms. The van der Waals surface area contributed by atoms with Gasteiger partial charge in [0.2, 0.25) is 0 Å². The van der Waals surface area contributed by atoms with Crippen LogP contribution in [0.2, 0.25) is 5.02 Å². The molecule has 1 amide bonds. The molecule has 190 valence electrons. The molecule has 1 aliphatic carbocycles. The zero-order chi connectivity index (χ0) is 24.8. The number of alkyl halides is 3. The molecule has 2 fully saturated rings. The SMILES string of the molecule is O=C(N[C@@H]1CCCC[C@H]1N[C@H]1CCCN(c2ccc(C(F)(F)F)cc2)C1)OCc1cccc(Cl)c1. The Balaban J connectivity index is 1.30. The summed E-state index contributed by atoms with van der Waals surface area (Å²) in [7, 11) is 0. The van der Waals surface area contributed by atoms with Crippen molar-refractivity contribution in [3.8, 4) is 0 Å². The second kappa shape index (κ2) is 11.5. The van der Waals surface area contributed by atoms with Crippen molar-refractivity contribution < 1.29 is 22.7 Å². The Hall–Kier alpha value is -2.45. The molecule has 1 saturated heterocycles. The van der Waals surface area contributed by atoms with E-state index in [2.05, 4.69) is 15.5 Å². The molecule has 1 saturated carbocycles. The zero-order valence-electron chi connectivity index (χ0n) is 19.5. The molecule has 35 heavy (non-hydrogen) atoms. The number of nitrogens with zero attached hydrogens (tertiary/aromatic N) is 1. The summed E-state index contributed by atoms with van der Waals surface area (Å²) in [5.74, 6) is 0. The van der Waals surface area contributed by atoms with E-state index in [1.54, 1.807) is 24.3 Å². The average Bonchev–Trinajstić information content (AvgIpc) is 2.84. The van der Waals surface area contributed by atoms with E-state index in [0.29, 0.717) is 11.6 Å². The molecule has 2 aromatic rings. The summed E-state index contributed by atoms with van der Waals surface area (Å²) < 4.78 is 44.1. The van der Waals surface area contributed by atoms with Crippen LogP contribution in [0, 0.1) is 0 Å². The number of carbonyl (C=O) groups excluding carboxylic acids is 1. The summed E-state index contributed by atoms with van der Waals surface area (Å²) in [6.45, 7) is 1.68. The number of piperidine rings is 1. The van der Waals surface area contributed by atoms with Crippen molar-refractivity contribution in [2.75, 3.05) is 18.0 Å². The van der Waals surface area contributed by atoms with Crippen LogP contribution in [0.15, 0.2) is 48.5 Å². The van der Waals surface area contributed by atoms with E-state index >= 15 is 0 Å². The normalized spacial score (nSPS) is 23.1. The molecule has 5 nitrogen and oxygen atoms in total. The van der Waals surface area contributed by atoms with Crippen molar-refractivity contribution >= 4 is 23.4 Å². The van der Waals surface area contributed by atoms with Gasteiger partial charge in [-0.2, -0.15) is 13.2 Å². The standard InChI is InChI=1S/C26H31ClF3N3O2/c27-20-6-3-5-18(15-20)17-35-25(34)32-24-9-2-1-8-23(24)31-21-7-4-14-33(16-21)22-12-10-19(11-13-22)26(28,29)30/h3,5-6,10-13,15,21,23-24,31H,1-2,4,7-9,14,16-17H2,(H,32,34)/t21-,23+,24+/m0/s1. The van der Waals surface area contributed by atoms with E-state index < -0.39 is 17.8 Å². The quantitative estimate of drug-likeness (QED) is 0.490. The van der Waals surface area contributed by atoms with Gasteiger partial charge in [0.25, 0.3) is 0 Å². The number of amides is 1. The summed E-state index contributed by atoms with van der Waals surface area (Å²) in [6.07, 6.45) is 1.12. The Bertz CT molecular complexity index is 987. The molecule has 2 aliphatic rings. The van der Waals surface area contributed by atoms with Gasteiger partial charge in [0, 0.05) is 41.9 Å². The van der Waals surface area contributed by atoms with Crippen LogP contribution < -0.4 is 15.5 Å². The molecule has 2 aromatic carbocycles. The molecule has 0 spiro atoms. The monoisotopic (exact) mass is 509 g/mol. The Morgan fingerprint density at radius 2 is 1.77 bits per heavy atom. The van der Waals surface area contributed by atoms with Gasteiger partial charge in [-0.1, -0.05) is 36.6 Å². The second-order valence-electron chi connectivity index (χ2n) is 9.34. The maximum Gasteiger partial charge on any atom is 0.416 e. The highest BCUT2D eigenvalue weighted by atomic mass is 35.5. The van der Waals surface area contributed by atoms with Crippen LogP contribution in [0.4, 0.5) is 23.7 Å². The van der Waals surface area contributed by atoms with Crippen LogP contribution in [0.3, 0.4) is 0 Å². The Kier molecular flexibility index (Phi) is 8.44. The Morgan fingerprint density at radius 3 is 2.49 bits per heavy atom. The maximum atomic E-state index is 12.9. The van der Waals surface area contributed by atoms with Crippen LogP contribution >= 0.6 is 11.6 Å². The smallest absolute Gasteiger partial charge is 0.416 e. The summed E-state index contributed by atoms with van der Waals surface area (Å²) in [4.78, 5) is 14.6. The third-order valence-electron chi connectivity index (χ3n) is 6.76. The van der Waals surface area contributed by atoms with Crippen LogP contribution in [-0.2, 0) is 17.5 Å². The molecule has 1 heterocycles. The fourth-order valence-corrected chi connectivity index (χ4v) is 5.20. The first kappa shape index (κ1) is 25.6. The van der Waals surface area contributed by atoms with Crippen molar-refractivity contribution in [1.29, 1.82) is 0 Å². The van der Waals surface area contributed by atoms with Crippen molar-refractivity contribution in [2.24, 2.45) is 0 Å². The molecule has 1 aliphatic heterocycles. The lowest BCUT2D eigenvalue weighted by molar-refractivity contribution is -0.137. The summed E-state index contributed by atoms with van der Waals surface area (Å²) in [6, 6.07) is 12.9. The van der Waals surface area contributed by atoms with E-state index in [1.165, 1.54) is 0 Å². The fourth-order valence-electron chi connectivity index (χ4n) is 4.98. The summed E-state index contributed by atoms with van der Waals surface area (Å²) in [5.41, 5.74) is 0.996. The topological polar surface area (TPSA) is 53.6 Å². The number of anilines is 1. The zero-order valence-corrected chi connectivity index (χ0v) is 20.2.